The summed E-state index contributed by atoms with van der Waals surface area (Å²) in [6, 6.07) is 7.60. The van der Waals surface area contributed by atoms with Gasteiger partial charge < -0.3 is 20.7 Å². The minimum absolute atomic E-state index is 0.0715. The molecule has 0 bridgehead atoms. The Kier molecular flexibility index (Phi) is 6.67. The van der Waals surface area contributed by atoms with Crippen molar-refractivity contribution in [2.75, 3.05) is 13.1 Å². The molecular weight excluding hydrogens is 318 g/mol. The van der Waals surface area contributed by atoms with Crippen LogP contribution in [-0.4, -0.2) is 36.0 Å². The van der Waals surface area contributed by atoms with Gasteiger partial charge in [0.25, 0.3) is 0 Å². The standard InChI is InChI=1S/C19H29N3O3/c1-4-16(15-7-5-6-8-17(15)25-13(2)3)21-19(24)22-11-9-14(10-12-22)18(20)23/h5-8,13-14,16H,4,9-12H2,1-3H3,(H2,20,23)(H,21,24)/t16-/m0/s1. The second-order valence-electron chi connectivity index (χ2n) is 6.78. The van der Waals surface area contributed by atoms with Crippen molar-refractivity contribution in [2.45, 2.75) is 52.2 Å². The highest BCUT2D eigenvalue weighted by atomic mass is 16.5. The summed E-state index contributed by atoms with van der Waals surface area (Å²) in [6.45, 7) is 7.12. The smallest absolute Gasteiger partial charge is 0.317 e. The first kappa shape index (κ1) is 19.1. The summed E-state index contributed by atoms with van der Waals surface area (Å²) < 4.78 is 5.88. The van der Waals surface area contributed by atoms with Gasteiger partial charge in [-0.1, -0.05) is 25.1 Å². The predicted octanol–water partition coefficient (Wildman–Crippen LogP) is 2.83. The second-order valence-corrected chi connectivity index (χ2v) is 6.78. The van der Waals surface area contributed by atoms with Gasteiger partial charge in [0.15, 0.2) is 0 Å². The van der Waals surface area contributed by atoms with E-state index in [1.54, 1.807) is 4.90 Å². The largest absolute Gasteiger partial charge is 0.491 e. The van der Waals surface area contributed by atoms with E-state index in [9.17, 15) is 9.59 Å². The van der Waals surface area contributed by atoms with Crippen molar-refractivity contribution in [3.05, 3.63) is 29.8 Å². The van der Waals surface area contributed by atoms with Crippen LogP contribution in [0.2, 0.25) is 0 Å². The van der Waals surface area contributed by atoms with Crippen molar-refractivity contribution in [3.63, 3.8) is 0 Å². The number of nitrogens with two attached hydrogens (primary N) is 1. The Morgan fingerprint density at radius 3 is 2.48 bits per heavy atom. The third-order valence-corrected chi connectivity index (χ3v) is 4.55. The molecule has 1 fully saturated rings. The molecule has 138 valence electrons. The average molecular weight is 347 g/mol. The molecule has 1 atom stereocenters. The van der Waals surface area contributed by atoms with Crippen LogP contribution in [-0.2, 0) is 4.79 Å². The molecule has 6 heteroatoms. The number of hydrogen-bond acceptors (Lipinski definition) is 3. The Morgan fingerprint density at radius 1 is 1.28 bits per heavy atom. The van der Waals surface area contributed by atoms with Crippen LogP contribution in [0, 0.1) is 5.92 Å². The highest BCUT2D eigenvalue weighted by molar-refractivity contribution is 5.78. The summed E-state index contributed by atoms with van der Waals surface area (Å²) >= 11 is 0. The molecular formula is C19H29N3O3. The van der Waals surface area contributed by atoms with Crippen LogP contribution in [0.5, 0.6) is 5.75 Å². The number of piperidine rings is 1. The number of carbonyl (C=O) groups is 2. The van der Waals surface area contributed by atoms with Gasteiger partial charge in [0.1, 0.15) is 5.75 Å². The molecule has 6 nitrogen and oxygen atoms in total. The lowest BCUT2D eigenvalue weighted by atomic mass is 9.96. The van der Waals surface area contributed by atoms with Crippen LogP contribution in [0.15, 0.2) is 24.3 Å². The molecule has 0 spiro atoms. The molecule has 0 saturated carbocycles. The summed E-state index contributed by atoms with van der Waals surface area (Å²) in [5, 5.41) is 3.10. The summed E-state index contributed by atoms with van der Waals surface area (Å²) in [5.41, 5.74) is 6.34. The van der Waals surface area contributed by atoms with Crippen molar-refractivity contribution >= 4 is 11.9 Å². The highest BCUT2D eigenvalue weighted by Crippen LogP contribution is 2.28. The molecule has 3 N–H and O–H groups in total. The molecule has 1 saturated heterocycles. The number of benzene rings is 1. The summed E-state index contributed by atoms with van der Waals surface area (Å²) in [6.07, 6.45) is 2.10. The molecule has 2 rings (SSSR count). The normalized spacial score (nSPS) is 16.6. The van der Waals surface area contributed by atoms with Crippen LogP contribution in [0.1, 0.15) is 51.6 Å². The summed E-state index contributed by atoms with van der Waals surface area (Å²) in [7, 11) is 0. The predicted molar refractivity (Wildman–Crippen MR) is 97.3 cm³/mol. The Morgan fingerprint density at radius 2 is 1.92 bits per heavy atom. The molecule has 0 aromatic heterocycles. The van der Waals surface area contributed by atoms with Crippen molar-refractivity contribution in [1.29, 1.82) is 0 Å². The number of ether oxygens (including phenoxy) is 1. The Labute approximate surface area is 149 Å². The van der Waals surface area contributed by atoms with Crippen molar-refractivity contribution in [3.8, 4) is 5.75 Å². The zero-order valence-corrected chi connectivity index (χ0v) is 15.3. The Balaban J connectivity index is 2.03. The van der Waals surface area contributed by atoms with E-state index < -0.39 is 0 Å². The van der Waals surface area contributed by atoms with Crippen LogP contribution in [0.25, 0.3) is 0 Å². The maximum atomic E-state index is 12.6. The molecule has 3 amide bonds. The van der Waals surface area contributed by atoms with Gasteiger partial charge in [0, 0.05) is 24.6 Å². The number of carbonyl (C=O) groups excluding carboxylic acids is 2. The first-order chi connectivity index (χ1) is 11.9. The molecule has 1 aromatic rings. The Bertz CT molecular complexity index is 595. The zero-order valence-electron chi connectivity index (χ0n) is 15.3. The van der Waals surface area contributed by atoms with Crippen LogP contribution >= 0.6 is 0 Å². The lowest BCUT2D eigenvalue weighted by Gasteiger charge is -2.32. The first-order valence-corrected chi connectivity index (χ1v) is 9.02. The fourth-order valence-electron chi connectivity index (χ4n) is 3.14. The molecule has 1 heterocycles. The molecule has 0 unspecified atom stereocenters. The number of nitrogens with one attached hydrogen (secondary N) is 1. The van der Waals surface area contributed by atoms with Gasteiger partial charge in [0.2, 0.25) is 5.91 Å². The van der Waals surface area contributed by atoms with Gasteiger partial charge >= 0.3 is 6.03 Å². The number of likely N-dealkylation sites (tertiary alicyclic amines) is 1. The SMILES string of the molecule is CC[C@H](NC(=O)N1CCC(C(N)=O)CC1)c1ccccc1OC(C)C. The van der Waals surface area contributed by atoms with E-state index in [1.807, 2.05) is 45.0 Å². The highest BCUT2D eigenvalue weighted by Gasteiger charge is 2.27. The number of nitrogens with zero attached hydrogens (tertiary/aromatic N) is 1. The van der Waals surface area contributed by atoms with Gasteiger partial charge in [-0.15, -0.1) is 0 Å². The maximum Gasteiger partial charge on any atom is 0.317 e. The van der Waals surface area contributed by atoms with Gasteiger partial charge in [-0.2, -0.15) is 0 Å². The van der Waals surface area contributed by atoms with Gasteiger partial charge in [-0.05, 0) is 39.2 Å². The summed E-state index contributed by atoms with van der Waals surface area (Å²) in [5.74, 6) is 0.412. The third kappa shape index (κ3) is 5.11. The quantitative estimate of drug-likeness (QED) is 0.830. The molecule has 0 radical (unpaired) electrons. The van der Waals surface area contributed by atoms with E-state index in [4.69, 9.17) is 10.5 Å². The maximum absolute atomic E-state index is 12.6. The van der Waals surface area contributed by atoms with E-state index in [1.165, 1.54) is 0 Å². The Hall–Kier alpha value is -2.24. The third-order valence-electron chi connectivity index (χ3n) is 4.55. The monoisotopic (exact) mass is 347 g/mol. The van der Waals surface area contributed by atoms with Crippen LogP contribution in [0.4, 0.5) is 4.79 Å². The van der Waals surface area contributed by atoms with Crippen LogP contribution in [0.3, 0.4) is 0 Å². The molecule has 25 heavy (non-hydrogen) atoms. The first-order valence-electron chi connectivity index (χ1n) is 9.02. The minimum Gasteiger partial charge on any atom is -0.491 e. The molecule has 1 aliphatic heterocycles. The number of primary amides is 1. The van der Waals surface area contributed by atoms with Gasteiger partial charge in [-0.3, -0.25) is 4.79 Å². The average Bonchev–Trinajstić information content (AvgIpc) is 2.59. The van der Waals surface area contributed by atoms with Crippen molar-refractivity contribution < 1.29 is 14.3 Å². The van der Waals surface area contributed by atoms with E-state index in [0.29, 0.717) is 25.9 Å². The second kappa shape index (κ2) is 8.74. The van der Waals surface area contributed by atoms with Crippen molar-refractivity contribution in [2.24, 2.45) is 11.7 Å². The number of rotatable bonds is 6. The van der Waals surface area contributed by atoms with Gasteiger partial charge in [-0.25, -0.2) is 4.79 Å². The minimum atomic E-state index is -0.272. The number of amides is 3. The van der Waals surface area contributed by atoms with Crippen LogP contribution < -0.4 is 15.8 Å². The van der Waals surface area contributed by atoms with E-state index >= 15 is 0 Å². The number of urea groups is 1. The van der Waals surface area contributed by atoms with Gasteiger partial charge in [0.05, 0.1) is 12.1 Å². The number of para-hydroxylation sites is 1. The van der Waals surface area contributed by atoms with E-state index in [0.717, 1.165) is 17.7 Å². The van der Waals surface area contributed by atoms with Crippen molar-refractivity contribution in [1.82, 2.24) is 10.2 Å². The zero-order chi connectivity index (χ0) is 18.4. The molecule has 0 aliphatic carbocycles. The van der Waals surface area contributed by atoms with E-state index in [2.05, 4.69) is 5.32 Å². The summed E-state index contributed by atoms with van der Waals surface area (Å²) in [4.78, 5) is 25.6. The fraction of sp³-hybridized carbons (Fsp3) is 0.579. The topological polar surface area (TPSA) is 84.7 Å². The lowest BCUT2D eigenvalue weighted by molar-refractivity contribution is -0.123. The number of hydrogen-bond donors (Lipinski definition) is 2. The fourth-order valence-corrected chi connectivity index (χ4v) is 3.14. The molecule has 1 aliphatic rings. The molecule has 1 aromatic carbocycles. The lowest BCUT2D eigenvalue weighted by Crippen LogP contribution is -2.47. The van der Waals surface area contributed by atoms with E-state index in [-0.39, 0.29) is 30.0 Å².